The number of aliphatic carboxylic acids is 1. The van der Waals surface area contributed by atoms with Gasteiger partial charge in [0.15, 0.2) is 0 Å². The average Bonchev–Trinajstić information content (AvgIpc) is 2.32. The molecule has 0 fully saturated rings. The van der Waals surface area contributed by atoms with Gasteiger partial charge in [0.25, 0.3) is 0 Å². The number of carboxylic acids is 1. The Hall–Kier alpha value is -0.391. The first-order valence-corrected chi connectivity index (χ1v) is 9.43. The van der Waals surface area contributed by atoms with Crippen LogP contribution in [-0.4, -0.2) is 32.2 Å². The van der Waals surface area contributed by atoms with Gasteiger partial charge in [-0.2, -0.15) is 0 Å². The van der Waals surface area contributed by atoms with Crippen molar-refractivity contribution in [1.29, 1.82) is 0 Å². The van der Waals surface area contributed by atoms with Crippen LogP contribution in [0.5, 0.6) is 0 Å². The molecule has 1 aromatic rings. The van der Waals surface area contributed by atoms with Gasteiger partial charge in [-0.15, -0.1) is 0 Å². The van der Waals surface area contributed by atoms with Gasteiger partial charge >= 0.3 is 81.8 Å². The van der Waals surface area contributed by atoms with Crippen LogP contribution in [0.1, 0.15) is 6.42 Å². The molecule has 0 bridgehead atoms. The Morgan fingerprint density at radius 3 is 2.00 bits per heavy atom. The summed E-state index contributed by atoms with van der Waals surface area (Å²) in [6.07, 6.45) is 0.334. The molecule has 0 radical (unpaired) electrons. The van der Waals surface area contributed by atoms with Crippen LogP contribution in [0.25, 0.3) is 0 Å². The summed E-state index contributed by atoms with van der Waals surface area (Å²) in [5.74, 6) is -0.674. The number of rotatable bonds is 4. The van der Waals surface area contributed by atoms with Crippen molar-refractivity contribution in [2.45, 2.75) is 10.9 Å². The standard InChI is InChI=1S/C6H5.C3H5O2.2HO2P.Sn/c1-2-4-6-5-3-1;1-2-3(4)5;2*1-3-2;/h1-5H;1-2H2,(H,4,5);2*(H,1,2);/q;;;;+2/p-2. The van der Waals surface area contributed by atoms with E-state index in [0.29, 0.717) is 6.42 Å². The molecule has 0 saturated carbocycles. The van der Waals surface area contributed by atoms with Crippen LogP contribution in [0.2, 0.25) is 4.44 Å². The predicted octanol–water partition coefficient (Wildman–Crippen LogP) is 0.0159. The van der Waals surface area contributed by atoms with Gasteiger partial charge in [0, 0.05) is 0 Å². The van der Waals surface area contributed by atoms with E-state index in [4.69, 9.17) is 24.0 Å². The average molecular weight is 395 g/mol. The van der Waals surface area contributed by atoms with E-state index in [2.05, 4.69) is 12.1 Å². The predicted molar refractivity (Wildman–Crippen MR) is 64.1 cm³/mol. The maximum absolute atomic E-state index is 10.2. The second kappa shape index (κ2) is 16.6. The summed E-state index contributed by atoms with van der Waals surface area (Å²) in [5, 5.41) is 8.42. The van der Waals surface area contributed by atoms with Crippen LogP contribution in [0.4, 0.5) is 0 Å². The molecule has 1 N–H and O–H groups in total. The van der Waals surface area contributed by atoms with Crippen LogP contribution < -0.4 is 13.4 Å². The second-order valence-electron chi connectivity index (χ2n) is 2.59. The van der Waals surface area contributed by atoms with Crippen molar-refractivity contribution in [3.63, 3.8) is 0 Å². The molecule has 0 aliphatic heterocycles. The maximum atomic E-state index is 10.2. The molecule has 1 aromatic carbocycles. The molecule has 0 spiro atoms. The third-order valence-electron chi connectivity index (χ3n) is 1.44. The van der Waals surface area contributed by atoms with Crippen LogP contribution in [0.3, 0.4) is 0 Å². The van der Waals surface area contributed by atoms with Gasteiger partial charge in [-0.3, -0.25) is 9.13 Å². The Morgan fingerprint density at radius 2 is 1.61 bits per heavy atom. The van der Waals surface area contributed by atoms with Gasteiger partial charge in [0.2, 0.25) is 0 Å². The summed E-state index contributed by atoms with van der Waals surface area (Å²) in [6, 6.07) is 10.2. The van der Waals surface area contributed by atoms with Gasteiger partial charge < -0.3 is 9.79 Å². The minimum atomic E-state index is -1.08. The van der Waals surface area contributed by atoms with Crippen LogP contribution in [-0.2, 0) is 13.9 Å². The van der Waals surface area contributed by atoms with E-state index in [0.717, 1.165) is 4.44 Å². The molecule has 1 rings (SSSR count). The van der Waals surface area contributed by atoms with Crippen molar-refractivity contribution in [2.75, 3.05) is 0 Å². The summed E-state index contributed by atoms with van der Waals surface area (Å²) in [7, 11) is -2.17. The minimum Gasteiger partial charge on any atom is -0.772 e. The maximum Gasteiger partial charge on any atom is 0.0642 e. The van der Waals surface area contributed by atoms with Crippen molar-refractivity contribution in [1.82, 2.24) is 0 Å². The largest absolute Gasteiger partial charge is 0.772 e. The zero-order chi connectivity index (χ0) is 14.2. The first-order chi connectivity index (χ1) is 8.62. The van der Waals surface area contributed by atoms with Crippen LogP contribution in [0.15, 0.2) is 30.3 Å². The van der Waals surface area contributed by atoms with E-state index in [1.54, 1.807) is 0 Å². The molecule has 0 saturated heterocycles. The third-order valence-corrected chi connectivity index (χ3v) is 4.99. The van der Waals surface area contributed by atoms with Crippen molar-refractivity contribution >= 4 is 48.1 Å². The molecule has 0 atom stereocenters. The third kappa shape index (κ3) is 18.0. The quantitative estimate of drug-likeness (QED) is 0.568. The molecule has 0 unspecified atom stereocenters. The van der Waals surface area contributed by atoms with Crippen molar-refractivity contribution in [2.24, 2.45) is 0 Å². The molecular weight excluding hydrogens is 385 g/mol. The second-order valence-corrected chi connectivity index (χ2v) is 6.97. The Bertz CT molecular complexity index is 329. The molecular formula is C9H10O6P2Sn. The van der Waals surface area contributed by atoms with E-state index in [9.17, 15) is 4.79 Å². The Morgan fingerprint density at radius 1 is 1.17 bits per heavy atom. The summed E-state index contributed by atoms with van der Waals surface area (Å²) >= 11 is -0.601. The van der Waals surface area contributed by atoms with Crippen molar-refractivity contribution in [3.05, 3.63) is 30.3 Å². The molecule has 0 aliphatic carbocycles. The molecule has 96 valence electrons. The van der Waals surface area contributed by atoms with Crippen molar-refractivity contribution < 1.29 is 28.8 Å². The summed E-state index contributed by atoms with van der Waals surface area (Å²) in [5.41, 5.74) is 0. The van der Waals surface area contributed by atoms with Crippen LogP contribution in [0, 0.1) is 0 Å². The number of carbonyl (C=O) groups is 1. The molecule has 6 nitrogen and oxygen atoms in total. The normalized spacial score (nSPS) is 8.33. The molecule has 9 heteroatoms. The molecule has 0 aliphatic rings. The van der Waals surface area contributed by atoms with E-state index in [-0.39, 0.29) is 0 Å². The number of carboxylic acid groups (broad SMARTS) is 1. The topological polar surface area (TPSA) is 118 Å². The zero-order valence-electron chi connectivity index (χ0n) is 9.18. The van der Waals surface area contributed by atoms with Gasteiger partial charge in [0.05, 0.1) is 17.4 Å². The van der Waals surface area contributed by atoms with Gasteiger partial charge in [0.1, 0.15) is 0 Å². The fourth-order valence-corrected chi connectivity index (χ4v) is 3.88. The number of hydrogen-bond donors (Lipinski definition) is 1. The fourth-order valence-electron chi connectivity index (χ4n) is 0.870. The van der Waals surface area contributed by atoms with Gasteiger partial charge in [-0.25, -0.2) is 0 Å². The van der Waals surface area contributed by atoms with E-state index < -0.39 is 44.5 Å². The monoisotopic (exact) mass is 396 g/mol. The Balaban J connectivity index is 0. The smallest absolute Gasteiger partial charge is 0.0642 e. The zero-order valence-corrected chi connectivity index (χ0v) is 13.8. The Labute approximate surface area is 118 Å². The van der Waals surface area contributed by atoms with Crippen LogP contribution >= 0.6 is 17.4 Å². The Kier molecular flexibility index (Phi) is 18.4. The molecule has 0 aromatic heterocycles. The number of hydrogen-bond acceptors (Lipinski definition) is 5. The van der Waals surface area contributed by atoms with Crippen molar-refractivity contribution in [3.8, 4) is 0 Å². The summed E-state index contributed by atoms with van der Waals surface area (Å²) < 4.78 is 19.0. The van der Waals surface area contributed by atoms with E-state index in [1.165, 1.54) is 3.58 Å². The first kappa shape index (κ1) is 19.9. The van der Waals surface area contributed by atoms with E-state index >= 15 is 0 Å². The SMILES string of the molecule is O=C(O)C[CH2][Sn+2][c]1ccccc1.O=P[O-].O=P[O-]. The molecule has 18 heavy (non-hydrogen) atoms. The first-order valence-electron chi connectivity index (χ1n) is 4.53. The minimum absolute atomic E-state index is 0.334. The van der Waals surface area contributed by atoms with Gasteiger partial charge in [-0.1, -0.05) is 0 Å². The molecule has 0 amide bonds. The molecule has 0 heterocycles. The summed E-state index contributed by atoms with van der Waals surface area (Å²) in [4.78, 5) is 26.9. The summed E-state index contributed by atoms with van der Waals surface area (Å²) in [6.45, 7) is 0. The van der Waals surface area contributed by atoms with Gasteiger partial charge in [-0.05, 0) is 0 Å². The fraction of sp³-hybridized carbons (Fsp3) is 0.222. The number of benzene rings is 1. The van der Waals surface area contributed by atoms with E-state index in [1.807, 2.05) is 18.2 Å².